The Labute approximate surface area is 83.7 Å². The van der Waals surface area contributed by atoms with Crippen molar-refractivity contribution in [3.8, 4) is 0 Å². The van der Waals surface area contributed by atoms with Gasteiger partial charge in [0, 0.05) is 11.9 Å². The summed E-state index contributed by atoms with van der Waals surface area (Å²) in [6, 6.07) is -0.197. The molecule has 1 atom stereocenters. The second-order valence-corrected chi connectivity index (χ2v) is 3.13. The molecule has 1 rings (SSSR count). The molecule has 2 N–H and O–H groups in total. The van der Waals surface area contributed by atoms with E-state index in [-0.39, 0.29) is 12.6 Å². The van der Waals surface area contributed by atoms with Crippen LogP contribution in [-0.4, -0.2) is 27.7 Å². The van der Waals surface area contributed by atoms with E-state index in [4.69, 9.17) is 5.11 Å². The highest BCUT2D eigenvalue weighted by molar-refractivity contribution is 5.31. The van der Waals surface area contributed by atoms with E-state index in [2.05, 4.69) is 21.9 Å². The first-order valence-electron chi connectivity index (χ1n) is 4.47. The van der Waals surface area contributed by atoms with E-state index in [1.165, 1.54) is 0 Å². The maximum Gasteiger partial charge on any atom is 0.223 e. The molecule has 0 aliphatic carbocycles. The Balaban J connectivity index is 2.76. The van der Waals surface area contributed by atoms with Gasteiger partial charge in [0.05, 0.1) is 12.6 Å². The lowest BCUT2D eigenvalue weighted by Gasteiger charge is -2.11. The van der Waals surface area contributed by atoms with Gasteiger partial charge in [-0.25, -0.2) is 9.97 Å². The number of hydrogen-bond acceptors (Lipinski definition) is 4. The average molecular weight is 193 g/mol. The third-order valence-corrected chi connectivity index (χ3v) is 2.02. The third kappa shape index (κ3) is 2.53. The summed E-state index contributed by atoms with van der Waals surface area (Å²) in [5.41, 5.74) is 1.98. The zero-order chi connectivity index (χ0) is 10.6. The molecule has 0 aromatic carbocycles. The molecule has 0 saturated carbocycles. The quantitative estimate of drug-likeness (QED) is 0.702. The Morgan fingerprint density at radius 3 is 2.86 bits per heavy atom. The second kappa shape index (κ2) is 4.72. The SMILES string of the molecule is C=CC(CO)Nc1ncc(C)c(C)n1. The predicted molar refractivity (Wildman–Crippen MR) is 56.2 cm³/mol. The maximum atomic E-state index is 8.92. The minimum Gasteiger partial charge on any atom is -0.394 e. The van der Waals surface area contributed by atoms with E-state index in [9.17, 15) is 0 Å². The highest BCUT2D eigenvalue weighted by Crippen LogP contribution is 2.06. The maximum absolute atomic E-state index is 8.92. The second-order valence-electron chi connectivity index (χ2n) is 3.13. The van der Waals surface area contributed by atoms with Crippen LogP contribution in [0.25, 0.3) is 0 Å². The van der Waals surface area contributed by atoms with Crippen LogP contribution in [0, 0.1) is 13.8 Å². The summed E-state index contributed by atoms with van der Waals surface area (Å²) in [6.07, 6.45) is 3.38. The lowest BCUT2D eigenvalue weighted by atomic mass is 10.3. The van der Waals surface area contributed by atoms with E-state index in [1.807, 2.05) is 13.8 Å². The standard InChI is InChI=1S/C10H15N3O/c1-4-9(6-14)13-10-11-5-7(2)8(3)12-10/h4-5,9,14H,1,6H2,2-3H3,(H,11,12,13). The Hall–Kier alpha value is -1.42. The van der Waals surface area contributed by atoms with Gasteiger partial charge in [0.15, 0.2) is 0 Å². The molecular formula is C10H15N3O. The molecule has 1 aromatic rings. The van der Waals surface area contributed by atoms with Crippen molar-refractivity contribution >= 4 is 5.95 Å². The highest BCUT2D eigenvalue weighted by Gasteiger charge is 2.04. The Bertz CT molecular complexity index is 325. The summed E-state index contributed by atoms with van der Waals surface area (Å²) >= 11 is 0. The number of rotatable bonds is 4. The van der Waals surface area contributed by atoms with Gasteiger partial charge in [-0.3, -0.25) is 0 Å². The van der Waals surface area contributed by atoms with Crippen LogP contribution < -0.4 is 5.32 Å². The van der Waals surface area contributed by atoms with E-state index in [0.717, 1.165) is 11.3 Å². The monoisotopic (exact) mass is 193 g/mol. The van der Waals surface area contributed by atoms with Crippen molar-refractivity contribution < 1.29 is 5.11 Å². The minimum absolute atomic E-state index is 0.0141. The molecule has 0 saturated heterocycles. The molecule has 1 unspecified atom stereocenters. The van der Waals surface area contributed by atoms with Crippen molar-refractivity contribution in [1.29, 1.82) is 0 Å². The van der Waals surface area contributed by atoms with Crippen molar-refractivity contribution in [3.63, 3.8) is 0 Å². The molecule has 0 fully saturated rings. The highest BCUT2D eigenvalue weighted by atomic mass is 16.3. The normalized spacial score (nSPS) is 12.2. The molecule has 4 nitrogen and oxygen atoms in total. The first-order chi connectivity index (χ1) is 6.67. The number of aromatic nitrogens is 2. The molecule has 0 spiro atoms. The number of aryl methyl sites for hydroxylation is 2. The van der Waals surface area contributed by atoms with E-state index in [1.54, 1.807) is 12.3 Å². The summed E-state index contributed by atoms with van der Waals surface area (Å²) in [4.78, 5) is 8.32. The van der Waals surface area contributed by atoms with Crippen molar-refractivity contribution in [1.82, 2.24) is 9.97 Å². The van der Waals surface area contributed by atoms with Gasteiger partial charge in [0.1, 0.15) is 0 Å². The van der Waals surface area contributed by atoms with Crippen molar-refractivity contribution in [3.05, 3.63) is 30.1 Å². The van der Waals surface area contributed by atoms with Gasteiger partial charge >= 0.3 is 0 Å². The van der Waals surface area contributed by atoms with Gasteiger partial charge in [0.2, 0.25) is 5.95 Å². The molecule has 0 bridgehead atoms. The van der Waals surface area contributed by atoms with Gasteiger partial charge in [-0.2, -0.15) is 0 Å². The third-order valence-electron chi connectivity index (χ3n) is 2.02. The smallest absolute Gasteiger partial charge is 0.223 e. The zero-order valence-electron chi connectivity index (χ0n) is 8.49. The van der Waals surface area contributed by atoms with Gasteiger partial charge in [-0.15, -0.1) is 6.58 Å². The molecule has 0 amide bonds. The van der Waals surface area contributed by atoms with Crippen molar-refractivity contribution in [2.45, 2.75) is 19.9 Å². The van der Waals surface area contributed by atoms with Gasteiger partial charge in [-0.05, 0) is 19.4 Å². The van der Waals surface area contributed by atoms with Crippen molar-refractivity contribution in [2.75, 3.05) is 11.9 Å². The van der Waals surface area contributed by atoms with E-state index in [0.29, 0.717) is 5.95 Å². The molecule has 0 aliphatic rings. The fourth-order valence-electron chi connectivity index (χ4n) is 0.942. The molecule has 14 heavy (non-hydrogen) atoms. The predicted octanol–water partition coefficient (Wildman–Crippen LogP) is 1.05. The molecule has 76 valence electrons. The number of nitrogens with zero attached hydrogens (tertiary/aromatic N) is 2. The molecule has 0 radical (unpaired) electrons. The molecule has 4 heteroatoms. The first kappa shape index (κ1) is 10.7. The zero-order valence-corrected chi connectivity index (χ0v) is 8.49. The number of anilines is 1. The van der Waals surface area contributed by atoms with Gasteiger partial charge in [-0.1, -0.05) is 6.08 Å². The molecule has 1 heterocycles. The fraction of sp³-hybridized carbons (Fsp3) is 0.400. The first-order valence-corrected chi connectivity index (χ1v) is 4.47. The average Bonchev–Trinajstić information content (AvgIpc) is 2.19. The van der Waals surface area contributed by atoms with Crippen LogP contribution in [0.4, 0.5) is 5.95 Å². The van der Waals surface area contributed by atoms with Gasteiger partial charge in [0.25, 0.3) is 0 Å². The summed E-state index contributed by atoms with van der Waals surface area (Å²) in [6.45, 7) is 7.45. The van der Waals surface area contributed by atoms with Crippen LogP contribution in [0.3, 0.4) is 0 Å². The Morgan fingerprint density at radius 1 is 1.64 bits per heavy atom. The summed E-state index contributed by atoms with van der Waals surface area (Å²) in [5.74, 6) is 0.520. The lowest BCUT2D eigenvalue weighted by molar-refractivity contribution is 0.290. The molecule has 1 aromatic heterocycles. The largest absolute Gasteiger partial charge is 0.394 e. The summed E-state index contributed by atoms with van der Waals surface area (Å²) in [7, 11) is 0. The van der Waals surface area contributed by atoms with Crippen molar-refractivity contribution in [2.24, 2.45) is 0 Å². The Morgan fingerprint density at radius 2 is 2.36 bits per heavy atom. The van der Waals surface area contributed by atoms with Crippen LogP contribution in [0.2, 0.25) is 0 Å². The fourth-order valence-corrected chi connectivity index (χ4v) is 0.942. The number of hydrogen-bond donors (Lipinski definition) is 2. The Kier molecular flexibility index (Phi) is 3.59. The van der Waals surface area contributed by atoms with Crippen LogP contribution in [0.1, 0.15) is 11.3 Å². The van der Waals surface area contributed by atoms with E-state index >= 15 is 0 Å². The summed E-state index contributed by atoms with van der Waals surface area (Å²) < 4.78 is 0. The van der Waals surface area contributed by atoms with E-state index < -0.39 is 0 Å². The van der Waals surface area contributed by atoms with Crippen LogP contribution in [0.15, 0.2) is 18.9 Å². The molecule has 0 aliphatic heterocycles. The lowest BCUT2D eigenvalue weighted by Crippen LogP contribution is -2.22. The van der Waals surface area contributed by atoms with Crippen LogP contribution in [-0.2, 0) is 0 Å². The van der Waals surface area contributed by atoms with Crippen LogP contribution in [0.5, 0.6) is 0 Å². The number of aliphatic hydroxyl groups excluding tert-OH is 1. The number of nitrogens with one attached hydrogen (secondary N) is 1. The summed E-state index contributed by atoms with van der Waals surface area (Å²) in [5, 5.41) is 11.9. The molecular weight excluding hydrogens is 178 g/mol. The van der Waals surface area contributed by atoms with Crippen LogP contribution >= 0.6 is 0 Å². The minimum atomic E-state index is -0.197. The van der Waals surface area contributed by atoms with Gasteiger partial charge < -0.3 is 10.4 Å². The number of aliphatic hydroxyl groups is 1. The topological polar surface area (TPSA) is 58.0 Å².